The highest BCUT2D eigenvalue weighted by Crippen LogP contribution is 2.64. The van der Waals surface area contributed by atoms with Gasteiger partial charge in [0.1, 0.15) is 18.0 Å². The van der Waals surface area contributed by atoms with E-state index in [1.807, 2.05) is 0 Å². The average molecular weight is 389 g/mol. The van der Waals surface area contributed by atoms with Gasteiger partial charge in [-0.3, -0.25) is 14.4 Å². The van der Waals surface area contributed by atoms with E-state index in [1.165, 1.54) is 19.4 Å². The third kappa shape index (κ3) is 2.93. The minimum Gasteiger partial charge on any atom is -0.462 e. The van der Waals surface area contributed by atoms with Gasteiger partial charge >= 0.3 is 11.9 Å². The number of ether oxygens (including phenoxy) is 2. The van der Waals surface area contributed by atoms with Gasteiger partial charge in [0.05, 0.1) is 0 Å². The number of fused-ring (bicyclic) bond motifs is 5. The summed E-state index contributed by atoms with van der Waals surface area (Å²) in [5, 5.41) is 0. The number of ketones is 1. The Morgan fingerprint density at radius 2 is 1.61 bits per heavy atom. The van der Waals surface area contributed by atoms with Crippen LogP contribution < -0.4 is 0 Å². The van der Waals surface area contributed by atoms with E-state index in [1.54, 1.807) is 0 Å². The Kier molecular flexibility index (Phi) is 4.71. The molecule has 4 rings (SSSR count). The van der Waals surface area contributed by atoms with Crippen molar-refractivity contribution < 1.29 is 23.9 Å². The topological polar surface area (TPSA) is 69.7 Å². The van der Waals surface area contributed by atoms with Gasteiger partial charge in [0, 0.05) is 38.0 Å². The molecule has 1 unspecified atom stereocenters. The van der Waals surface area contributed by atoms with E-state index < -0.39 is 0 Å². The molecule has 0 spiro atoms. The molecule has 0 saturated heterocycles. The zero-order valence-electron chi connectivity index (χ0n) is 17.5. The number of rotatable bonds is 2. The van der Waals surface area contributed by atoms with E-state index in [-0.39, 0.29) is 46.8 Å². The van der Waals surface area contributed by atoms with Crippen molar-refractivity contribution in [3.63, 3.8) is 0 Å². The van der Waals surface area contributed by atoms with Crippen molar-refractivity contribution in [2.24, 2.45) is 28.6 Å². The summed E-state index contributed by atoms with van der Waals surface area (Å²) in [5.41, 5.74) is 1.03. The minimum absolute atomic E-state index is 0.0327. The molecule has 0 heterocycles. The lowest BCUT2D eigenvalue weighted by Crippen LogP contribution is -2.55. The molecule has 0 radical (unpaired) electrons. The molecule has 0 aromatic carbocycles. The summed E-state index contributed by atoms with van der Waals surface area (Å²) in [6.07, 6.45) is 7.82. The fraction of sp³-hybridized carbons (Fsp3) is 0.783. The Morgan fingerprint density at radius 3 is 2.29 bits per heavy atom. The van der Waals surface area contributed by atoms with Crippen molar-refractivity contribution in [2.75, 3.05) is 0 Å². The average Bonchev–Trinajstić information content (AvgIpc) is 2.90. The van der Waals surface area contributed by atoms with Gasteiger partial charge in [0.15, 0.2) is 0 Å². The third-order valence-corrected chi connectivity index (χ3v) is 8.41. The molecule has 0 aromatic rings. The quantitative estimate of drug-likeness (QED) is 0.528. The second kappa shape index (κ2) is 6.70. The van der Waals surface area contributed by atoms with Crippen molar-refractivity contribution in [1.29, 1.82) is 0 Å². The predicted molar refractivity (Wildman–Crippen MR) is 103 cm³/mol. The molecule has 4 aliphatic carbocycles. The lowest BCUT2D eigenvalue weighted by Gasteiger charge is -2.58. The Balaban J connectivity index is 1.71. The highest BCUT2D eigenvalue weighted by Gasteiger charge is 2.61. The molecular weight excluding hydrogens is 356 g/mol. The van der Waals surface area contributed by atoms with Crippen molar-refractivity contribution in [3.05, 3.63) is 11.6 Å². The first-order valence-electron chi connectivity index (χ1n) is 10.7. The van der Waals surface area contributed by atoms with Crippen molar-refractivity contribution >= 4 is 17.7 Å². The first-order chi connectivity index (χ1) is 13.1. The molecule has 0 bridgehead atoms. The summed E-state index contributed by atoms with van der Waals surface area (Å²) in [6.45, 7) is 7.39. The Morgan fingerprint density at radius 1 is 0.964 bits per heavy atom. The Bertz CT molecular complexity index is 739. The number of carbonyl (C=O) groups is 3. The molecular formula is C23H32O5. The van der Waals surface area contributed by atoms with Crippen molar-refractivity contribution in [1.82, 2.24) is 0 Å². The third-order valence-electron chi connectivity index (χ3n) is 8.41. The van der Waals surface area contributed by atoms with E-state index in [0.717, 1.165) is 38.5 Å². The fourth-order valence-electron chi connectivity index (χ4n) is 7.00. The van der Waals surface area contributed by atoms with Crippen LogP contribution in [0.15, 0.2) is 11.6 Å². The molecule has 3 saturated carbocycles. The molecule has 0 amide bonds. The van der Waals surface area contributed by atoms with Gasteiger partial charge in [0.2, 0.25) is 0 Å². The maximum absolute atomic E-state index is 12.7. The molecule has 5 heteroatoms. The van der Waals surface area contributed by atoms with Gasteiger partial charge < -0.3 is 9.47 Å². The van der Waals surface area contributed by atoms with Crippen molar-refractivity contribution in [3.8, 4) is 0 Å². The molecule has 154 valence electrons. The first-order valence-corrected chi connectivity index (χ1v) is 10.7. The maximum Gasteiger partial charge on any atom is 0.303 e. The van der Waals surface area contributed by atoms with Gasteiger partial charge in [-0.25, -0.2) is 0 Å². The van der Waals surface area contributed by atoms with E-state index >= 15 is 0 Å². The highest BCUT2D eigenvalue weighted by atomic mass is 16.5. The maximum atomic E-state index is 12.7. The molecule has 0 aliphatic heterocycles. The Labute approximate surface area is 167 Å². The lowest BCUT2D eigenvalue weighted by atomic mass is 9.47. The zero-order chi connectivity index (χ0) is 20.3. The van der Waals surface area contributed by atoms with Crippen LogP contribution in [-0.2, 0) is 23.9 Å². The molecule has 5 nitrogen and oxygen atoms in total. The second-order valence-corrected chi connectivity index (χ2v) is 9.87. The van der Waals surface area contributed by atoms with Crippen LogP contribution in [0.5, 0.6) is 0 Å². The van der Waals surface area contributed by atoms with Gasteiger partial charge in [-0.05, 0) is 55.4 Å². The lowest BCUT2D eigenvalue weighted by molar-refractivity contribution is -0.159. The van der Waals surface area contributed by atoms with Gasteiger partial charge in [-0.2, -0.15) is 0 Å². The number of Topliss-reactive ketones (excluding diaryl/α,β-unsaturated/α-hetero) is 1. The summed E-state index contributed by atoms with van der Waals surface area (Å²) in [6, 6.07) is 0. The normalized spacial score (nSPS) is 44.6. The highest BCUT2D eigenvalue weighted by molar-refractivity contribution is 5.87. The molecule has 28 heavy (non-hydrogen) atoms. The molecule has 0 N–H and O–H groups in total. The number of carbonyl (C=O) groups excluding carboxylic acids is 3. The number of esters is 2. The van der Waals surface area contributed by atoms with Crippen LogP contribution in [0, 0.1) is 28.6 Å². The predicted octanol–water partition coefficient (Wildman–Crippen LogP) is 3.99. The zero-order valence-corrected chi connectivity index (χ0v) is 17.5. The van der Waals surface area contributed by atoms with Crippen LogP contribution in [0.4, 0.5) is 0 Å². The summed E-state index contributed by atoms with van der Waals surface area (Å²) in [5.74, 6) is 0.762. The summed E-state index contributed by atoms with van der Waals surface area (Å²) >= 11 is 0. The molecule has 7 atom stereocenters. The number of hydrogen-bond acceptors (Lipinski definition) is 5. The van der Waals surface area contributed by atoms with E-state index in [0.29, 0.717) is 18.1 Å². The second-order valence-electron chi connectivity index (χ2n) is 9.87. The SMILES string of the molecule is CC(=O)OC1C=C2C[C@@H](OC(C)=O)CC[C@]2(C)[C@H]2CC[C@]3(C)C(=O)CC[C@H]3[C@H]12. The molecule has 0 aromatic heterocycles. The van der Waals surface area contributed by atoms with Gasteiger partial charge in [-0.15, -0.1) is 0 Å². The van der Waals surface area contributed by atoms with Gasteiger partial charge in [0.25, 0.3) is 0 Å². The van der Waals surface area contributed by atoms with E-state index in [2.05, 4.69) is 19.9 Å². The summed E-state index contributed by atoms with van der Waals surface area (Å²) < 4.78 is 11.3. The Hall–Kier alpha value is -1.65. The number of hydrogen-bond donors (Lipinski definition) is 0. The largest absolute Gasteiger partial charge is 0.462 e. The monoisotopic (exact) mass is 388 g/mol. The van der Waals surface area contributed by atoms with Crippen LogP contribution in [0.25, 0.3) is 0 Å². The summed E-state index contributed by atoms with van der Waals surface area (Å²) in [7, 11) is 0. The minimum atomic E-state index is -0.280. The van der Waals surface area contributed by atoms with Crippen LogP contribution in [0.1, 0.15) is 72.6 Å². The van der Waals surface area contributed by atoms with Crippen LogP contribution in [0.2, 0.25) is 0 Å². The summed E-state index contributed by atoms with van der Waals surface area (Å²) in [4.78, 5) is 36.0. The van der Waals surface area contributed by atoms with Crippen LogP contribution in [-0.4, -0.2) is 29.9 Å². The first kappa shape index (κ1) is 19.7. The molecule has 3 fully saturated rings. The van der Waals surface area contributed by atoms with Crippen molar-refractivity contribution in [2.45, 2.75) is 84.8 Å². The molecule has 4 aliphatic rings. The van der Waals surface area contributed by atoms with E-state index in [9.17, 15) is 14.4 Å². The van der Waals surface area contributed by atoms with Crippen LogP contribution in [0.3, 0.4) is 0 Å². The van der Waals surface area contributed by atoms with Crippen LogP contribution >= 0.6 is 0 Å². The fourth-order valence-corrected chi connectivity index (χ4v) is 7.00. The smallest absolute Gasteiger partial charge is 0.303 e. The standard InChI is InChI=1S/C23H32O5/c1-13(24)27-16-7-9-22(3)15(11-16)12-19(28-14(2)25)21-17-5-6-20(26)23(17,4)10-8-18(21)22/h12,16-19,21H,5-11H2,1-4H3/t16-,17-,18-,19?,21-,22-,23-/m0/s1. The van der Waals surface area contributed by atoms with E-state index in [4.69, 9.17) is 9.47 Å². The van der Waals surface area contributed by atoms with Gasteiger partial charge in [-0.1, -0.05) is 19.4 Å².